The zero-order valence-electron chi connectivity index (χ0n) is 30.0. The largest absolute Gasteiger partial charge is 0.474 e. The number of benzene rings is 2. The summed E-state index contributed by atoms with van der Waals surface area (Å²) in [6.07, 6.45) is 5.14. The van der Waals surface area contributed by atoms with Crippen molar-refractivity contribution in [2.45, 2.75) is 77.2 Å². The fourth-order valence-electron chi connectivity index (χ4n) is 5.96. The van der Waals surface area contributed by atoms with Crippen molar-refractivity contribution in [3.63, 3.8) is 0 Å². The third-order valence-corrected chi connectivity index (χ3v) is 11.1. The topological polar surface area (TPSA) is 129 Å². The Hall–Kier alpha value is -3.88. The van der Waals surface area contributed by atoms with Gasteiger partial charge in [0.2, 0.25) is 11.8 Å². The molecule has 1 atom stereocenters. The Kier molecular flexibility index (Phi) is 12.4. The molecule has 4 heterocycles. The molecule has 0 spiro atoms. The maximum atomic E-state index is 13.5. The van der Waals surface area contributed by atoms with Gasteiger partial charge in [0.1, 0.15) is 24.5 Å². The van der Waals surface area contributed by atoms with Crippen LogP contribution in [-0.2, 0) is 27.4 Å². The van der Waals surface area contributed by atoms with Gasteiger partial charge in [-0.1, -0.05) is 43.4 Å². The maximum absolute atomic E-state index is 13.5. The first-order valence-corrected chi connectivity index (χ1v) is 21.9. The number of rotatable bonds is 16. The minimum atomic E-state index is -1.20. The number of ether oxygens (including phenoxy) is 3. The molecule has 14 heteroatoms. The van der Waals surface area contributed by atoms with E-state index in [-0.39, 0.29) is 24.7 Å². The molecule has 0 saturated carbocycles. The second-order valence-electron chi connectivity index (χ2n) is 14.5. The molecule has 2 aromatic heterocycles. The second kappa shape index (κ2) is 17.1. The van der Waals surface area contributed by atoms with Gasteiger partial charge in [0.15, 0.2) is 5.82 Å². The number of carbonyl (C=O) groups is 1. The standard InChI is InChI=1S/C37H49ClN8O4Si/c1-26-43-44-37(46(26)25-48-19-20-51(2,3)4)28-7-10-32(40-23-31-14-18-49-31)33(22-28)41-35(47)24-45-16-12-30(13-17-45)50-36-11-15-39-34(42-36)21-27-5-8-29(38)9-6-27/h5-11,15,22,30-31,40H,12-14,16-21,23-25H2,1-4H3,(H,41,47)/t31-/m0/s1. The van der Waals surface area contributed by atoms with Gasteiger partial charge in [0, 0.05) is 70.2 Å². The fraction of sp³-hybridized carbons (Fsp3) is 0.486. The first kappa shape index (κ1) is 36.9. The number of amides is 1. The predicted octanol–water partition coefficient (Wildman–Crippen LogP) is 6.28. The fourth-order valence-corrected chi connectivity index (χ4v) is 6.84. The number of halogens is 1. The van der Waals surface area contributed by atoms with E-state index in [0.29, 0.717) is 54.5 Å². The van der Waals surface area contributed by atoms with Gasteiger partial charge in [-0.25, -0.2) is 4.98 Å². The van der Waals surface area contributed by atoms with E-state index >= 15 is 0 Å². The van der Waals surface area contributed by atoms with Crippen LogP contribution in [-0.4, -0.2) is 95.2 Å². The Labute approximate surface area is 306 Å². The molecule has 2 aliphatic heterocycles. The molecule has 2 aliphatic rings. The quantitative estimate of drug-likeness (QED) is 0.100. The zero-order valence-corrected chi connectivity index (χ0v) is 31.8. The van der Waals surface area contributed by atoms with Crippen LogP contribution in [0, 0.1) is 6.92 Å². The van der Waals surface area contributed by atoms with Crippen LogP contribution in [0.5, 0.6) is 5.88 Å². The van der Waals surface area contributed by atoms with E-state index in [2.05, 4.69) is 55.3 Å². The third-order valence-electron chi connectivity index (χ3n) is 9.16. The van der Waals surface area contributed by atoms with Crippen molar-refractivity contribution in [2.75, 3.05) is 50.0 Å². The number of aromatic nitrogens is 5. The molecule has 0 aliphatic carbocycles. The number of piperidine rings is 1. The monoisotopic (exact) mass is 732 g/mol. The van der Waals surface area contributed by atoms with Crippen LogP contribution in [0.25, 0.3) is 11.4 Å². The Morgan fingerprint density at radius 2 is 1.82 bits per heavy atom. The first-order valence-electron chi connectivity index (χ1n) is 17.8. The van der Waals surface area contributed by atoms with Crippen molar-refractivity contribution in [3.8, 4) is 17.3 Å². The minimum absolute atomic E-state index is 0.0177. The van der Waals surface area contributed by atoms with E-state index in [1.54, 1.807) is 12.3 Å². The Bertz CT molecular complexity index is 1750. The molecule has 51 heavy (non-hydrogen) atoms. The molecule has 2 saturated heterocycles. The molecule has 2 fully saturated rings. The van der Waals surface area contributed by atoms with Crippen molar-refractivity contribution in [1.82, 2.24) is 29.6 Å². The Morgan fingerprint density at radius 1 is 1.04 bits per heavy atom. The van der Waals surface area contributed by atoms with Crippen molar-refractivity contribution in [3.05, 3.63) is 77.0 Å². The molecule has 2 aromatic carbocycles. The number of likely N-dealkylation sites (tertiary alicyclic amines) is 1. The molecule has 272 valence electrons. The molecular weight excluding hydrogens is 684 g/mol. The summed E-state index contributed by atoms with van der Waals surface area (Å²) in [5.41, 5.74) is 3.47. The van der Waals surface area contributed by atoms with E-state index in [0.717, 1.165) is 67.6 Å². The van der Waals surface area contributed by atoms with Gasteiger partial charge in [-0.2, -0.15) is 4.98 Å². The van der Waals surface area contributed by atoms with E-state index in [4.69, 9.17) is 25.8 Å². The van der Waals surface area contributed by atoms with Crippen molar-refractivity contribution < 1.29 is 19.0 Å². The van der Waals surface area contributed by atoms with Crippen LogP contribution in [0.15, 0.2) is 54.7 Å². The lowest BCUT2D eigenvalue weighted by molar-refractivity contribution is -0.117. The SMILES string of the molecule is Cc1nnc(-c2ccc(NC[C@@H]3CCO3)c(NC(=O)CN3CCC(Oc4ccnc(Cc5ccc(Cl)cc5)n4)CC3)c2)n1COCC[Si](C)(C)C. The Balaban J connectivity index is 1.05. The average molecular weight is 733 g/mol. The lowest BCUT2D eigenvalue weighted by atomic mass is 10.1. The normalized spacial score (nSPS) is 16.8. The number of carbonyl (C=O) groups excluding carboxylic acids is 1. The summed E-state index contributed by atoms with van der Waals surface area (Å²) in [6, 6.07) is 16.5. The molecule has 2 N–H and O–H groups in total. The van der Waals surface area contributed by atoms with Crippen LogP contribution in [0.2, 0.25) is 30.7 Å². The van der Waals surface area contributed by atoms with Gasteiger partial charge in [-0.3, -0.25) is 14.3 Å². The summed E-state index contributed by atoms with van der Waals surface area (Å²) in [5, 5.41) is 16.2. The highest BCUT2D eigenvalue weighted by molar-refractivity contribution is 6.76. The van der Waals surface area contributed by atoms with Crippen molar-refractivity contribution in [1.29, 1.82) is 0 Å². The predicted molar refractivity (Wildman–Crippen MR) is 202 cm³/mol. The first-order chi connectivity index (χ1) is 24.6. The van der Waals surface area contributed by atoms with Crippen LogP contribution in [0.3, 0.4) is 0 Å². The van der Waals surface area contributed by atoms with Gasteiger partial charge in [0.25, 0.3) is 0 Å². The number of hydrogen-bond donors (Lipinski definition) is 2. The maximum Gasteiger partial charge on any atom is 0.238 e. The van der Waals surface area contributed by atoms with Crippen LogP contribution in [0.1, 0.15) is 36.5 Å². The number of nitrogens with one attached hydrogen (secondary N) is 2. The second-order valence-corrected chi connectivity index (χ2v) is 20.6. The van der Waals surface area contributed by atoms with Gasteiger partial charge in [-0.05, 0) is 68.1 Å². The average Bonchev–Trinajstić information content (AvgIpc) is 3.44. The van der Waals surface area contributed by atoms with Crippen LogP contribution >= 0.6 is 11.6 Å². The molecular formula is C37H49ClN8O4Si. The van der Waals surface area contributed by atoms with E-state index in [9.17, 15) is 4.79 Å². The number of aryl methyl sites for hydroxylation is 1. The van der Waals surface area contributed by atoms with Crippen molar-refractivity contribution >= 4 is 37.0 Å². The molecule has 1 amide bonds. The smallest absolute Gasteiger partial charge is 0.238 e. The summed E-state index contributed by atoms with van der Waals surface area (Å²) >= 11 is 6.02. The lowest BCUT2D eigenvalue weighted by Gasteiger charge is -2.31. The van der Waals surface area contributed by atoms with Gasteiger partial charge >= 0.3 is 0 Å². The summed E-state index contributed by atoms with van der Waals surface area (Å²) in [7, 11) is -1.20. The molecule has 4 aromatic rings. The highest BCUT2D eigenvalue weighted by Gasteiger charge is 2.24. The van der Waals surface area contributed by atoms with Crippen molar-refractivity contribution in [2.24, 2.45) is 0 Å². The summed E-state index contributed by atoms with van der Waals surface area (Å²) in [5.74, 6) is 2.67. The summed E-state index contributed by atoms with van der Waals surface area (Å²) in [6.45, 7) is 13.2. The Morgan fingerprint density at radius 3 is 2.55 bits per heavy atom. The molecule has 0 unspecified atom stereocenters. The number of nitrogens with zero attached hydrogens (tertiary/aromatic N) is 6. The molecule has 12 nitrogen and oxygen atoms in total. The highest BCUT2D eigenvalue weighted by atomic mass is 35.5. The summed E-state index contributed by atoms with van der Waals surface area (Å²) in [4.78, 5) is 24.7. The number of hydrogen-bond acceptors (Lipinski definition) is 10. The number of anilines is 2. The molecule has 6 rings (SSSR count). The van der Waals surface area contributed by atoms with E-state index in [1.165, 1.54) is 0 Å². The lowest BCUT2D eigenvalue weighted by Crippen LogP contribution is -2.42. The third kappa shape index (κ3) is 10.8. The van der Waals surface area contributed by atoms with Gasteiger partial charge in [0.05, 0.1) is 24.0 Å². The highest BCUT2D eigenvalue weighted by Crippen LogP contribution is 2.30. The summed E-state index contributed by atoms with van der Waals surface area (Å²) < 4.78 is 19.9. The van der Waals surface area contributed by atoms with E-state index in [1.807, 2.05) is 54.0 Å². The minimum Gasteiger partial charge on any atom is -0.474 e. The molecule has 0 radical (unpaired) electrons. The zero-order chi connectivity index (χ0) is 35.8. The molecule has 0 bridgehead atoms. The van der Waals surface area contributed by atoms with Crippen LogP contribution < -0.4 is 15.4 Å². The van der Waals surface area contributed by atoms with E-state index < -0.39 is 8.07 Å². The van der Waals surface area contributed by atoms with Gasteiger partial charge in [-0.15, -0.1) is 10.2 Å². The van der Waals surface area contributed by atoms with Crippen LogP contribution in [0.4, 0.5) is 11.4 Å². The van der Waals surface area contributed by atoms with Gasteiger partial charge < -0.3 is 24.8 Å².